The topological polar surface area (TPSA) is 46.3 Å². The van der Waals surface area contributed by atoms with Crippen molar-refractivity contribution in [3.8, 4) is 0 Å². The predicted octanol–water partition coefficient (Wildman–Crippen LogP) is 2.90. The lowest BCUT2D eigenvalue weighted by Crippen LogP contribution is -2.32. The Morgan fingerprint density at radius 3 is 2.52 bits per heavy atom. The number of nitrogens with zero attached hydrogens (tertiary/aromatic N) is 1. The van der Waals surface area contributed by atoms with Crippen LogP contribution in [0.15, 0.2) is 48.5 Å². The van der Waals surface area contributed by atoms with E-state index >= 15 is 0 Å². The first-order valence-electron chi connectivity index (χ1n) is 7.40. The second-order valence-electron chi connectivity index (χ2n) is 5.59. The van der Waals surface area contributed by atoms with Gasteiger partial charge in [0, 0.05) is 37.3 Å². The Balaban J connectivity index is 1.56. The molecule has 0 spiro atoms. The molecule has 2 aromatic rings. The molecule has 108 valence electrons. The van der Waals surface area contributed by atoms with Crippen molar-refractivity contribution in [2.24, 2.45) is 0 Å². The number of carbonyl (C=O) groups is 1. The summed E-state index contributed by atoms with van der Waals surface area (Å²) >= 11 is 0. The molecule has 3 heteroatoms. The lowest BCUT2D eigenvalue weighted by atomic mass is 9.99. The second-order valence-corrected chi connectivity index (χ2v) is 5.59. The lowest BCUT2D eigenvalue weighted by molar-refractivity contribution is 0.0961. The summed E-state index contributed by atoms with van der Waals surface area (Å²) in [7, 11) is 0. The first-order valence-corrected chi connectivity index (χ1v) is 7.40. The van der Waals surface area contributed by atoms with Gasteiger partial charge in [-0.05, 0) is 41.8 Å². The third-order valence-corrected chi connectivity index (χ3v) is 4.10. The van der Waals surface area contributed by atoms with Gasteiger partial charge in [0.2, 0.25) is 0 Å². The fourth-order valence-electron chi connectivity index (χ4n) is 2.82. The fourth-order valence-corrected chi connectivity index (χ4v) is 2.82. The molecule has 0 saturated carbocycles. The van der Waals surface area contributed by atoms with Crippen molar-refractivity contribution in [3.63, 3.8) is 0 Å². The Hall–Kier alpha value is -2.13. The van der Waals surface area contributed by atoms with Crippen molar-refractivity contribution in [2.45, 2.75) is 19.4 Å². The number of ketones is 1. The molecular formula is C18H20N2O. The SMILES string of the molecule is Nc1ccc(C(=O)CCN2CCc3ccccc3C2)cc1. The van der Waals surface area contributed by atoms with Crippen LogP contribution in [0.25, 0.3) is 0 Å². The van der Waals surface area contributed by atoms with Crippen LogP contribution in [-0.4, -0.2) is 23.8 Å². The maximum atomic E-state index is 12.2. The summed E-state index contributed by atoms with van der Waals surface area (Å²) in [5.74, 6) is 0.189. The highest BCUT2D eigenvalue weighted by Gasteiger charge is 2.16. The van der Waals surface area contributed by atoms with Crippen LogP contribution in [0.4, 0.5) is 5.69 Å². The van der Waals surface area contributed by atoms with Gasteiger partial charge in [-0.25, -0.2) is 0 Å². The zero-order valence-corrected chi connectivity index (χ0v) is 12.1. The molecule has 0 radical (unpaired) electrons. The molecule has 21 heavy (non-hydrogen) atoms. The molecule has 0 aromatic heterocycles. The molecule has 2 aromatic carbocycles. The molecular weight excluding hydrogens is 260 g/mol. The van der Waals surface area contributed by atoms with Crippen LogP contribution in [0.5, 0.6) is 0 Å². The number of benzene rings is 2. The molecule has 2 N–H and O–H groups in total. The summed E-state index contributed by atoms with van der Waals surface area (Å²) in [6.07, 6.45) is 1.64. The van der Waals surface area contributed by atoms with Gasteiger partial charge in [-0.3, -0.25) is 9.69 Å². The normalized spacial score (nSPS) is 14.7. The van der Waals surface area contributed by atoms with E-state index in [1.807, 2.05) is 12.1 Å². The van der Waals surface area contributed by atoms with E-state index in [9.17, 15) is 4.79 Å². The van der Waals surface area contributed by atoms with E-state index in [0.29, 0.717) is 12.1 Å². The number of nitrogen functional groups attached to an aromatic ring is 1. The summed E-state index contributed by atoms with van der Waals surface area (Å²) in [4.78, 5) is 14.5. The zero-order chi connectivity index (χ0) is 14.7. The largest absolute Gasteiger partial charge is 0.399 e. The molecule has 3 rings (SSSR count). The molecule has 0 aliphatic carbocycles. The molecule has 3 nitrogen and oxygen atoms in total. The van der Waals surface area contributed by atoms with Crippen LogP contribution in [-0.2, 0) is 13.0 Å². The van der Waals surface area contributed by atoms with Crippen molar-refractivity contribution >= 4 is 11.5 Å². The minimum absolute atomic E-state index is 0.189. The average Bonchev–Trinajstić information content (AvgIpc) is 2.53. The fraction of sp³-hybridized carbons (Fsp3) is 0.278. The smallest absolute Gasteiger partial charge is 0.164 e. The molecule has 0 amide bonds. The van der Waals surface area contributed by atoms with Gasteiger partial charge < -0.3 is 5.73 Å². The van der Waals surface area contributed by atoms with Crippen LogP contribution in [0.3, 0.4) is 0 Å². The second kappa shape index (κ2) is 6.10. The van der Waals surface area contributed by atoms with Crippen LogP contribution in [0, 0.1) is 0 Å². The molecule has 1 aliphatic rings. The van der Waals surface area contributed by atoms with Crippen molar-refractivity contribution in [2.75, 3.05) is 18.8 Å². The Labute approximate surface area is 125 Å². The zero-order valence-electron chi connectivity index (χ0n) is 12.1. The molecule has 0 bridgehead atoms. The van der Waals surface area contributed by atoms with Crippen LogP contribution < -0.4 is 5.73 Å². The molecule has 0 unspecified atom stereocenters. The quantitative estimate of drug-likeness (QED) is 0.692. The molecule has 1 aliphatic heterocycles. The predicted molar refractivity (Wildman–Crippen MR) is 85.2 cm³/mol. The number of Topliss-reactive ketones (excluding diaryl/α,β-unsaturated/α-hetero) is 1. The number of hydrogen-bond donors (Lipinski definition) is 1. The van der Waals surface area contributed by atoms with Crippen molar-refractivity contribution in [1.29, 1.82) is 0 Å². The van der Waals surface area contributed by atoms with Crippen LogP contribution >= 0.6 is 0 Å². The first kappa shape index (κ1) is 13.8. The van der Waals surface area contributed by atoms with Gasteiger partial charge in [0.25, 0.3) is 0 Å². The van der Waals surface area contributed by atoms with Gasteiger partial charge in [0.1, 0.15) is 0 Å². The van der Waals surface area contributed by atoms with Crippen molar-refractivity contribution in [1.82, 2.24) is 4.90 Å². The number of fused-ring (bicyclic) bond motifs is 1. The van der Waals surface area contributed by atoms with E-state index in [4.69, 9.17) is 5.73 Å². The Kier molecular flexibility index (Phi) is 4.02. The van der Waals surface area contributed by atoms with E-state index in [0.717, 1.165) is 31.6 Å². The maximum absolute atomic E-state index is 12.2. The van der Waals surface area contributed by atoms with Gasteiger partial charge >= 0.3 is 0 Å². The van der Waals surface area contributed by atoms with Gasteiger partial charge in [-0.1, -0.05) is 24.3 Å². The highest BCUT2D eigenvalue weighted by molar-refractivity contribution is 5.96. The van der Waals surface area contributed by atoms with Crippen LogP contribution in [0.2, 0.25) is 0 Å². The summed E-state index contributed by atoms with van der Waals surface area (Å²) < 4.78 is 0. The number of nitrogens with two attached hydrogens (primary N) is 1. The summed E-state index contributed by atoms with van der Waals surface area (Å²) in [6, 6.07) is 15.7. The first-order chi connectivity index (χ1) is 10.2. The van der Waals surface area contributed by atoms with E-state index in [-0.39, 0.29) is 5.78 Å². The minimum atomic E-state index is 0.189. The molecule has 1 heterocycles. The van der Waals surface area contributed by atoms with Gasteiger partial charge in [0.05, 0.1) is 0 Å². The summed E-state index contributed by atoms with van der Waals surface area (Å²) in [5, 5.41) is 0. The van der Waals surface area contributed by atoms with Crippen molar-refractivity contribution in [3.05, 3.63) is 65.2 Å². The van der Waals surface area contributed by atoms with E-state index in [2.05, 4.69) is 29.2 Å². The van der Waals surface area contributed by atoms with E-state index in [1.54, 1.807) is 12.1 Å². The number of hydrogen-bond acceptors (Lipinski definition) is 3. The third-order valence-electron chi connectivity index (χ3n) is 4.10. The van der Waals surface area contributed by atoms with E-state index in [1.165, 1.54) is 11.1 Å². The lowest BCUT2D eigenvalue weighted by Gasteiger charge is -2.28. The summed E-state index contributed by atoms with van der Waals surface area (Å²) in [5.41, 5.74) is 9.92. The minimum Gasteiger partial charge on any atom is -0.399 e. The number of carbonyl (C=O) groups excluding carboxylic acids is 1. The van der Waals surface area contributed by atoms with Gasteiger partial charge in [-0.15, -0.1) is 0 Å². The Morgan fingerprint density at radius 2 is 1.76 bits per heavy atom. The molecule has 0 saturated heterocycles. The highest BCUT2D eigenvalue weighted by Crippen LogP contribution is 2.19. The monoisotopic (exact) mass is 280 g/mol. The average molecular weight is 280 g/mol. The maximum Gasteiger partial charge on any atom is 0.164 e. The highest BCUT2D eigenvalue weighted by atomic mass is 16.1. The summed E-state index contributed by atoms with van der Waals surface area (Å²) in [6.45, 7) is 2.80. The molecule has 0 fully saturated rings. The standard InChI is InChI=1S/C18H20N2O/c19-17-7-5-15(6-8-17)18(21)10-12-20-11-9-14-3-1-2-4-16(14)13-20/h1-8H,9-13,19H2. The number of rotatable bonds is 4. The Morgan fingerprint density at radius 1 is 1.05 bits per heavy atom. The third kappa shape index (κ3) is 3.31. The Bertz CT molecular complexity index is 634. The van der Waals surface area contributed by atoms with Gasteiger partial charge in [-0.2, -0.15) is 0 Å². The van der Waals surface area contributed by atoms with Gasteiger partial charge in [0.15, 0.2) is 5.78 Å². The van der Waals surface area contributed by atoms with E-state index < -0.39 is 0 Å². The van der Waals surface area contributed by atoms with Crippen molar-refractivity contribution < 1.29 is 4.79 Å². The van der Waals surface area contributed by atoms with Crippen LogP contribution in [0.1, 0.15) is 27.9 Å². The number of anilines is 1. The molecule has 0 atom stereocenters.